The van der Waals surface area contributed by atoms with Crippen LogP contribution in [0.2, 0.25) is 0 Å². The molecule has 0 unspecified atom stereocenters. The Morgan fingerprint density at radius 2 is 1.66 bits per heavy atom. The number of likely N-dealkylation sites (tertiary alicyclic amines) is 1. The fraction of sp³-hybridized carbons (Fsp3) is 0.520. The van der Waals surface area contributed by atoms with Crippen LogP contribution < -0.4 is 10.9 Å². The van der Waals surface area contributed by atoms with Crippen molar-refractivity contribution in [1.82, 2.24) is 25.1 Å². The average molecular weight is 433 g/mol. The number of aromatic amines is 1. The van der Waals surface area contributed by atoms with E-state index in [4.69, 9.17) is 9.97 Å². The molecule has 0 bridgehead atoms. The summed E-state index contributed by atoms with van der Waals surface area (Å²) in [5.74, 6) is 1.74. The first-order valence-electron chi connectivity index (χ1n) is 12.1. The minimum absolute atomic E-state index is 0.265. The highest BCUT2D eigenvalue weighted by atomic mass is 16.1. The van der Waals surface area contributed by atoms with Crippen LogP contribution >= 0.6 is 0 Å². The number of fused-ring (bicyclic) bond motifs is 1. The van der Waals surface area contributed by atoms with Crippen molar-refractivity contribution < 1.29 is 0 Å². The molecule has 2 fully saturated rings. The van der Waals surface area contributed by atoms with Crippen LogP contribution in [0.25, 0.3) is 10.9 Å². The highest BCUT2D eigenvalue weighted by Crippen LogP contribution is 2.32. The van der Waals surface area contributed by atoms with E-state index in [1.54, 1.807) is 6.20 Å². The summed E-state index contributed by atoms with van der Waals surface area (Å²) in [6, 6.07) is 8.48. The summed E-state index contributed by atoms with van der Waals surface area (Å²) in [6.07, 6.45) is 12.8. The summed E-state index contributed by atoms with van der Waals surface area (Å²) >= 11 is 0. The van der Waals surface area contributed by atoms with E-state index < -0.39 is 0 Å². The van der Waals surface area contributed by atoms with E-state index in [2.05, 4.69) is 44.7 Å². The fourth-order valence-electron chi connectivity index (χ4n) is 5.04. The second-order valence-corrected chi connectivity index (χ2v) is 9.24. The SMILES string of the molecule is O=c1[nH]ncc2nc(C3CCCCCC3)nc(Nc3ccc(CN4CCCCC4)cc3)c12. The number of hydrogen-bond acceptors (Lipinski definition) is 6. The van der Waals surface area contributed by atoms with Gasteiger partial charge in [0.15, 0.2) is 0 Å². The lowest BCUT2D eigenvalue weighted by atomic mass is 9.99. The van der Waals surface area contributed by atoms with Crippen LogP contribution in [0.4, 0.5) is 11.5 Å². The van der Waals surface area contributed by atoms with Crippen LogP contribution in [-0.2, 0) is 6.54 Å². The number of benzene rings is 1. The van der Waals surface area contributed by atoms with Gasteiger partial charge in [-0.05, 0) is 56.5 Å². The van der Waals surface area contributed by atoms with E-state index in [0.717, 1.165) is 30.9 Å². The van der Waals surface area contributed by atoms with Gasteiger partial charge in [-0.15, -0.1) is 0 Å². The Bertz CT molecular complexity index is 1100. The van der Waals surface area contributed by atoms with E-state index in [0.29, 0.717) is 22.6 Å². The molecule has 7 nitrogen and oxygen atoms in total. The van der Waals surface area contributed by atoms with Gasteiger partial charge in [-0.25, -0.2) is 15.1 Å². The maximum Gasteiger partial charge on any atom is 0.277 e. The summed E-state index contributed by atoms with van der Waals surface area (Å²) in [5.41, 5.74) is 2.58. The zero-order chi connectivity index (χ0) is 21.8. The first kappa shape index (κ1) is 21.1. The molecule has 0 radical (unpaired) electrons. The van der Waals surface area contributed by atoms with E-state index in [1.807, 2.05) is 0 Å². The molecule has 0 amide bonds. The Labute approximate surface area is 188 Å². The van der Waals surface area contributed by atoms with Gasteiger partial charge in [-0.2, -0.15) is 5.10 Å². The molecule has 2 N–H and O–H groups in total. The second-order valence-electron chi connectivity index (χ2n) is 9.24. The third-order valence-corrected chi connectivity index (χ3v) is 6.83. The van der Waals surface area contributed by atoms with Crippen molar-refractivity contribution in [3.05, 3.63) is 52.2 Å². The summed E-state index contributed by atoms with van der Waals surface area (Å²) < 4.78 is 0. The lowest BCUT2D eigenvalue weighted by molar-refractivity contribution is 0.221. The van der Waals surface area contributed by atoms with E-state index in [-0.39, 0.29) is 5.56 Å². The number of nitrogens with zero attached hydrogens (tertiary/aromatic N) is 4. The molecule has 168 valence electrons. The molecule has 0 spiro atoms. The third kappa shape index (κ3) is 4.83. The Kier molecular flexibility index (Phi) is 6.44. The van der Waals surface area contributed by atoms with E-state index in [1.165, 1.54) is 63.6 Å². The van der Waals surface area contributed by atoms with Crippen LogP contribution in [0.5, 0.6) is 0 Å². The minimum atomic E-state index is -0.265. The Hall–Kier alpha value is -2.80. The van der Waals surface area contributed by atoms with Crippen molar-refractivity contribution in [2.75, 3.05) is 18.4 Å². The second kappa shape index (κ2) is 9.77. The van der Waals surface area contributed by atoms with Crippen LogP contribution in [0.1, 0.15) is 75.1 Å². The smallest absolute Gasteiger partial charge is 0.277 e. The van der Waals surface area contributed by atoms with Gasteiger partial charge in [0.05, 0.1) is 6.20 Å². The van der Waals surface area contributed by atoms with Crippen molar-refractivity contribution in [2.45, 2.75) is 70.3 Å². The van der Waals surface area contributed by atoms with Crippen LogP contribution in [-0.4, -0.2) is 38.2 Å². The summed E-state index contributed by atoms with van der Waals surface area (Å²) in [6.45, 7) is 3.37. The van der Waals surface area contributed by atoms with Crippen LogP contribution in [0.3, 0.4) is 0 Å². The average Bonchev–Trinajstić information content (AvgIpc) is 3.11. The highest BCUT2D eigenvalue weighted by molar-refractivity contribution is 5.89. The first-order chi connectivity index (χ1) is 15.8. The molecular formula is C25H32N6O. The van der Waals surface area contributed by atoms with Crippen molar-refractivity contribution in [3.63, 3.8) is 0 Å². The van der Waals surface area contributed by atoms with Gasteiger partial charge in [0.25, 0.3) is 5.56 Å². The van der Waals surface area contributed by atoms with Gasteiger partial charge < -0.3 is 5.32 Å². The summed E-state index contributed by atoms with van der Waals surface area (Å²) in [4.78, 5) is 24.7. The molecule has 3 aromatic rings. The van der Waals surface area contributed by atoms with Crippen molar-refractivity contribution in [2.24, 2.45) is 0 Å². The molecule has 2 aliphatic rings. The molecule has 1 aliphatic carbocycles. The van der Waals surface area contributed by atoms with Crippen molar-refractivity contribution in [3.8, 4) is 0 Å². The number of anilines is 2. The zero-order valence-corrected chi connectivity index (χ0v) is 18.6. The summed E-state index contributed by atoms with van der Waals surface area (Å²) in [7, 11) is 0. The highest BCUT2D eigenvalue weighted by Gasteiger charge is 2.20. The lowest BCUT2D eigenvalue weighted by Crippen LogP contribution is -2.29. The molecule has 2 aromatic heterocycles. The van der Waals surface area contributed by atoms with Gasteiger partial charge in [0.2, 0.25) is 0 Å². The Morgan fingerprint density at radius 3 is 2.41 bits per heavy atom. The molecule has 3 heterocycles. The molecule has 0 atom stereocenters. The number of rotatable bonds is 5. The largest absolute Gasteiger partial charge is 0.339 e. The van der Waals surface area contributed by atoms with Gasteiger partial charge in [0.1, 0.15) is 22.5 Å². The molecule has 7 heteroatoms. The summed E-state index contributed by atoms with van der Waals surface area (Å²) in [5, 5.41) is 10.4. The maximum absolute atomic E-state index is 12.6. The molecule has 1 saturated heterocycles. The number of H-pyrrole nitrogens is 1. The quantitative estimate of drug-likeness (QED) is 0.559. The maximum atomic E-state index is 12.6. The van der Waals surface area contributed by atoms with Crippen molar-refractivity contribution >= 4 is 22.4 Å². The molecule has 5 rings (SSSR count). The normalized spacial score (nSPS) is 18.5. The van der Waals surface area contributed by atoms with Gasteiger partial charge in [0, 0.05) is 18.2 Å². The Morgan fingerprint density at radius 1 is 0.938 bits per heavy atom. The van der Waals surface area contributed by atoms with Crippen LogP contribution in [0, 0.1) is 0 Å². The zero-order valence-electron chi connectivity index (χ0n) is 18.6. The first-order valence-corrected chi connectivity index (χ1v) is 12.1. The fourth-order valence-corrected chi connectivity index (χ4v) is 5.04. The number of nitrogens with one attached hydrogen (secondary N) is 2. The number of aromatic nitrogens is 4. The predicted molar refractivity (Wildman–Crippen MR) is 127 cm³/mol. The minimum Gasteiger partial charge on any atom is -0.339 e. The van der Waals surface area contributed by atoms with E-state index >= 15 is 0 Å². The molecule has 1 saturated carbocycles. The van der Waals surface area contributed by atoms with Crippen LogP contribution in [0.15, 0.2) is 35.3 Å². The van der Waals surface area contributed by atoms with Crippen molar-refractivity contribution in [1.29, 1.82) is 0 Å². The number of piperidine rings is 1. The molecule has 1 aromatic carbocycles. The van der Waals surface area contributed by atoms with E-state index in [9.17, 15) is 4.79 Å². The Balaban J connectivity index is 1.41. The van der Waals surface area contributed by atoms with Gasteiger partial charge >= 0.3 is 0 Å². The molecular weight excluding hydrogens is 400 g/mol. The van der Waals surface area contributed by atoms with Gasteiger partial charge in [-0.1, -0.05) is 44.2 Å². The predicted octanol–water partition coefficient (Wildman–Crippen LogP) is 4.88. The molecule has 1 aliphatic heterocycles. The topological polar surface area (TPSA) is 86.8 Å². The third-order valence-electron chi connectivity index (χ3n) is 6.83. The lowest BCUT2D eigenvalue weighted by Gasteiger charge is -2.26. The number of hydrogen-bond donors (Lipinski definition) is 2. The standard InChI is InChI=1S/C25H32N6O/c32-25-22-21(16-26-30-25)28-23(19-8-4-1-2-5-9-19)29-24(22)27-20-12-10-18(11-13-20)17-31-14-6-3-7-15-31/h10-13,16,19H,1-9,14-15,17H2,(H,30,32)(H,27,28,29). The molecule has 32 heavy (non-hydrogen) atoms. The monoisotopic (exact) mass is 432 g/mol. The van der Waals surface area contributed by atoms with Gasteiger partial charge in [-0.3, -0.25) is 9.69 Å².